The molecule has 0 aromatic heterocycles. The van der Waals surface area contributed by atoms with Crippen molar-refractivity contribution in [2.24, 2.45) is 0 Å². The molecule has 1 fully saturated rings. The fraction of sp³-hybridized carbons (Fsp3) is 0.333. The summed E-state index contributed by atoms with van der Waals surface area (Å²) in [4.78, 5) is 16.6. The third-order valence-electron chi connectivity index (χ3n) is 4.72. The van der Waals surface area contributed by atoms with Gasteiger partial charge in [0.15, 0.2) is 0 Å². The van der Waals surface area contributed by atoms with Gasteiger partial charge in [0, 0.05) is 38.3 Å². The third-order valence-corrected chi connectivity index (χ3v) is 4.72. The Morgan fingerprint density at radius 3 is 2.78 bits per heavy atom. The normalized spacial score (nSPS) is 15.0. The molecule has 1 saturated heterocycles. The van der Waals surface area contributed by atoms with E-state index in [0.717, 1.165) is 38.3 Å². The number of hydrogen-bond donors (Lipinski definition) is 1. The van der Waals surface area contributed by atoms with Crippen molar-refractivity contribution in [2.75, 3.05) is 42.9 Å². The molecule has 2 aromatic carbocycles. The summed E-state index contributed by atoms with van der Waals surface area (Å²) in [6.07, 6.45) is 1.34. The lowest BCUT2D eigenvalue weighted by Crippen LogP contribution is -2.33. The maximum atomic E-state index is 13.2. The Labute approximate surface area is 159 Å². The second kappa shape index (κ2) is 9.15. The Morgan fingerprint density at radius 1 is 1.11 bits per heavy atom. The van der Waals surface area contributed by atoms with Crippen LogP contribution < -0.4 is 10.2 Å². The summed E-state index contributed by atoms with van der Waals surface area (Å²) >= 11 is 0. The molecule has 1 N–H and O–H groups in total. The maximum absolute atomic E-state index is 13.2. The molecule has 2 aromatic rings. The summed E-state index contributed by atoms with van der Waals surface area (Å²) in [6, 6.07) is 15.8. The van der Waals surface area contributed by atoms with Gasteiger partial charge in [-0.15, -0.1) is 0 Å². The largest absolute Gasteiger partial charge is 0.369 e. The molecule has 0 saturated carbocycles. The van der Waals surface area contributed by atoms with Crippen molar-refractivity contribution >= 4 is 17.3 Å². The Bertz CT molecular complexity index is 833. The predicted molar refractivity (Wildman–Crippen MR) is 104 cm³/mol. The van der Waals surface area contributed by atoms with E-state index in [4.69, 9.17) is 0 Å². The summed E-state index contributed by atoms with van der Waals surface area (Å²) in [5.41, 5.74) is 2.15. The fourth-order valence-corrected chi connectivity index (χ4v) is 3.33. The standard InChI is InChI=1S/C21H23FN4O/c22-18-6-3-7-19(15-18)24-21(27)9-12-25-10-4-11-26(14-13-25)20-8-2-1-5-17(20)16-23/h1-3,5-8,15H,4,9-14H2,(H,24,27). The number of para-hydroxylation sites is 1. The van der Waals surface area contributed by atoms with Gasteiger partial charge < -0.3 is 15.1 Å². The van der Waals surface area contributed by atoms with Gasteiger partial charge in [0.25, 0.3) is 0 Å². The lowest BCUT2D eigenvalue weighted by molar-refractivity contribution is -0.116. The van der Waals surface area contributed by atoms with E-state index in [-0.39, 0.29) is 11.7 Å². The summed E-state index contributed by atoms with van der Waals surface area (Å²) in [5, 5.41) is 12.0. The van der Waals surface area contributed by atoms with Gasteiger partial charge >= 0.3 is 0 Å². The van der Waals surface area contributed by atoms with Crippen LogP contribution in [0.4, 0.5) is 15.8 Å². The number of rotatable bonds is 5. The van der Waals surface area contributed by atoms with E-state index in [1.54, 1.807) is 12.1 Å². The Hall–Kier alpha value is -2.91. The second-order valence-electron chi connectivity index (χ2n) is 6.62. The molecule has 6 heteroatoms. The van der Waals surface area contributed by atoms with Gasteiger partial charge in [0.1, 0.15) is 11.9 Å². The quantitative estimate of drug-likeness (QED) is 0.883. The predicted octanol–water partition coefficient (Wildman–Crippen LogP) is 3.24. The lowest BCUT2D eigenvalue weighted by atomic mass is 10.1. The molecule has 27 heavy (non-hydrogen) atoms. The van der Waals surface area contributed by atoms with Crippen molar-refractivity contribution in [2.45, 2.75) is 12.8 Å². The number of carbonyl (C=O) groups is 1. The first kappa shape index (κ1) is 18.9. The van der Waals surface area contributed by atoms with Gasteiger partial charge in [-0.3, -0.25) is 4.79 Å². The SMILES string of the molecule is N#Cc1ccccc1N1CCCN(CCC(=O)Nc2cccc(F)c2)CC1. The third kappa shape index (κ3) is 5.28. The molecule has 0 aliphatic carbocycles. The molecule has 0 spiro atoms. The number of nitrogens with one attached hydrogen (secondary N) is 1. The number of nitrogens with zero attached hydrogens (tertiary/aromatic N) is 3. The molecule has 5 nitrogen and oxygen atoms in total. The number of nitriles is 1. The van der Waals surface area contributed by atoms with Gasteiger partial charge in [-0.05, 0) is 43.3 Å². The molecule has 1 aliphatic heterocycles. The zero-order valence-corrected chi connectivity index (χ0v) is 15.2. The minimum Gasteiger partial charge on any atom is -0.369 e. The summed E-state index contributed by atoms with van der Waals surface area (Å²) < 4.78 is 13.2. The van der Waals surface area contributed by atoms with E-state index in [2.05, 4.69) is 21.2 Å². The van der Waals surface area contributed by atoms with Crippen molar-refractivity contribution in [1.82, 2.24) is 4.90 Å². The molecule has 0 bridgehead atoms. The van der Waals surface area contributed by atoms with E-state index in [1.807, 2.05) is 24.3 Å². The van der Waals surface area contributed by atoms with Crippen LogP contribution >= 0.6 is 0 Å². The molecule has 1 aliphatic rings. The Balaban J connectivity index is 1.50. The number of hydrogen-bond acceptors (Lipinski definition) is 4. The topological polar surface area (TPSA) is 59.4 Å². The van der Waals surface area contributed by atoms with Crippen molar-refractivity contribution in [3.05, 3.63) is 59.9 Å². The van der Waals surface area contributed by atoms with Gasteiger partial charge in [-0.25, -0.2) is 4.39 Å². The van der Waals surface area contributed by atoms with Crippen LogP contribution in [-0.4, -0.2) is 43.5 Å². The van der Waals surface area contributed by atoms with E-state index in [9.17, 15) is 14.4 Å². The molecular weight excluding hydrogens is 343 g/mol. The van der Waals surface area contributed by atoms with Gasteiger partial charge in [0.2, 0.25) is 5.91 Å². The molecular formula is C21H23FN4O. The van der Waals surface area contributed by atoms with Crippen LogP contribution in [0.5, 0.6) is 0 Å². The summed E-state index contributed by atoms with van der Waals surface area (Å²) in [5.74, 6) is -0.477. The minimum atomic E-state index is -0.363. The van der Waals surface area contributed by atoms with Crippen LogP contribution in [0.1, 0.15) is 18.4 Å². The molecule has 140 valence electrons. The van der Waals surface area contributed by atoms with E-state index in [0.29, 0.717) is 24.2 Å². The first-order chi connectivity index (χ1) is 13.2. The zero-order valence-electron chi connectivity index (χ0n) is 15.2. The van der Waals surface area contributed by atoms with Crippen LogP contribution in [0.25, 0.3) is 0 Å². The molecule has 0 radical (unpaired) electrons. The number of anilines is 2. The average Bonchev–Trinajstić information content (AvgIpc) is 2.92. The maximum Gasteiger partial charge on any atom is 0.225 e. The highest BCUT2D eigenvalue weighted by molar-refractivity contribution is 5.90. The number of halogens is 1. The fourth-order valence-electron chi connectivity index (χ4n) is 3.33. The van der Waals surface area contributed by atoms with Crippen LogP contribution in [0.2, 0.25) is 0 Å². The Morgan fingerprint density at radius 2 is 1.96 bits per heavy atom. The van der Waals surface area contributed by atoms with Crippen LogP contribution in [0.15, 0.2) is 48.5 Å². The highest BCUT2D eigenvalue weighted by Crippen LogP contribution is 2.21. The summed E-state index contributed by atoms with van der Waals surface area (Å²) in [7, 11) is 0. The number of carbonyl (C=O) groups excluding carboxylic acids is 1. The highest BCUT2D eigenvalue weighted by Gasteiger charge is 2.17. The number of amides is 1. The average molecular weight is 366 g/mol. The lowest BCUT2D eigenvalue weighted by Gasteiger charge is -2.24. The first-order valence-electron chi connectivity index (χ1n) is 9.17. The first-order valence-corrected chi connectivity index (χ1v) is 9.17. The highest BCUT2D eigenvalue weighted by atomic mass is 19.1. The monoisotopic (exact) mass is 366 g/mol. The smallest absolute Gasteiger partial charge is 0.225 e. The van der Waals surface area contributed by atoms with Crippen LogP contribution in [0.3, 0.4) is 0 Å². The molecule has 1 heterocycles. The summed E-state index contributed by atoms with van der Waals surface area (Å²) in [6.45, 7) is 4.13. The molecule has 0 atom stereocenters. The van der Waals surface area contributed by atoms with Crippen molar-refractivity contribution < 1.29 is 9.18 Å². The van der Waals surface area contributed by atoms with E-state index >= 15 is 0 Å². The molecule has 3 rings (SSSR count). The van der Waals surface area contributed by atoms with E-state index < -0.39 is 0 Å². The van der Waals surface area contributed by atoms with Crippen molar-refractivity contribution in [3.8, 4) is 6.07 Å². The van der Waals surface area contributed by atoms with E-state index in [1.165, 1.54) is 12.1 Å². The molecule has 0 unspecified atom stereocenters. The van der Waals surface area contributed by atoms with Crippen LogP contribution in [-0.2, 0) is 4.79 Å². The number of benzene rings is 2. The minimum absolute atomic E-state index is 0.114. The van der Waals surface area contributed by atoms with Gasteiger partial charge in [-0.1, -0.05) is 18.2 Å². The zero-order chi connectivity index (χ0) is 19.1. The van der Waals surface area contributed by atoms with Crippen molar-refractivity contribution in [3.63, 3.8) is 0 Å². The second-order valence-corrected chi connectivity index (χ2v) is 6.62. The van der Waals surface area contributed by atoms with Crippen molar-refractivity contribution in [1.29, 1.82) is 5.26 Å². The Kier molecular flexibility index (Phi) is 6.39. The van der Waals surface area contributed by atoms with Gasteiger partial charge in [0.05, 0.1) is 11.3 Å². The molecule has 1 amide bonds. The van der Waals surface area contributed by atoms with Gasteiger partial charge in [-0.2, -0.15) is 5.26 Å². The van der Waals surface area contributed by atoms with Crippen LogP contribution in [0, 0.1) is 17.1 Å².